The molecule has 142 valence electrons. The van der Waals surface area contributed by atoms with Crippen LogP contribution >= 0.6 is 23.5 Å². The molecule has 0 unspecified atom stereocenters. The Labute approximate surface area is 164 Å². The summed E-state index contributed by atoms with van der Waals surface area (Å²) < 4.78 is 17.6. The third-order valence-electron chi connectivity index (χ3n) is 4.00. The van der Waals surface area contributed by atoms with Gasteiger partial charge >= 0.3 is 0 Å². The number of halogens is 2. The summed E-state index contributed by atoms with van der Waals surface area (Å²) in [5, 5.41) is 5.27. The normalized spacial score (nSPS) is 12.2. The molecule has 2 aromatic rings. The summed E-state index contributed by atoms with van der Waals surface area (Å²) >= 11 is 8.02. The van der Waals surface area contributed by atoms with Gasteiger partial charge in [0.05, 0.1) is 17.3 Å². The van der Waals surface area contributed by atoms with E-state index < -0.39 is 0 Å². The lowest BCUT2D eigenvalue weighted by Gasteiger charge is -2.12. The van der Waals surface area contributed by atoms with Gasteiger partial charge in [-0.3, -0.25) is 8.99 Å². The Morgan fingerprint density at radius 2 is 2.15 bits per heavy atom. The van der Waals surface area contributed by atoms with Crippen LogP contribution in [-0.4, -0.2) is 34.7 Å². The van der Waals surface area contributed by atoms with Crippen LogP contribution in [0.4, 0.5) is 4.39 Å². The number of aromatic nitrogens is 2. The van der Waals surface area contributed by atoms with Gasteiger partial charge in [0.15, 0.2) is 0 Å². The molecule has 1 aromatic heterocycles. The molecule has 0 spiro atoms. The van der Waals surface area contributed by atoms with Crippen molar-refractivity contribution in [1.29, 1.82) is 0 Å². The summed E-state index contributed by atoms with van der Waals surface area (Å²) in [5.41, 5.74) is 9.61. The summed E-state index contributed by atoms with van der Waals surface area (Å²) in [6.07, 6.45) is 2.90. The fourth-order valence-corrected chi connectivity index (χ4v) is 3.86. The number of aryl methyl sites for hydroxylation is 1. The van der Waals surface area contributed by atoms with E-state index in [1.165, 1.54) is 6.08 Å². The first-order chi connectivity index (χ1) is 12.3. The molecule has 1 aromatic carbocycles. The minimum absolute atomic E-state index is 0.125. The van der Waals surface area contributed by atoms with Gasteiger partial charge in [-0.1, -0.05) is 24.6 Å². The molecule has 0 saturated carbocycles. The second-order valence-electron chi connectivity index (χ2n) is 6.25. The maximum absolute atomic E-state index is 13.9. The number of hydrogen-bond donors (Lipinski definition) is 1. The van der Waals surface area contributed by atoms with Gasteiger partial charge in [0.25, 0.3) is 0 Å². The highest BCUT2D eigenvalue weighted by Crippen LogP contribution is 2.30. The second-order valence-corrected chi connectivity index (χ2v) is 8.01. The maximum Gasteiger partial charge on any atom is 0.119 e. The van der Waals surface area contributed by atoms with Crippen molar-refractivity contribution in [3.63, 3.8) is 0 Å². The zero-order chi connectivity index (χ0) is 19.3. The van der Waals surface area contributed by atoms with E-state index in [1.807, 2.05) is 37.5 Å². The largest absolute Gasteiger partial charge is 0.327 e. The first-order valence-corrected chi connectivity index (χ1v) is 9.74. The Kier molecular flexibility index (Phi) is 7.70. The quantitative estimate of drug-likeness (QED) is 0.672. The third-order valence-corrected chi connectivity index (χ3v) is 5.34. The van der Waals surface area contributed by atoms with Crippen LogP contribution in [0.25, 0.3) is 0 Å². The number of nitrogens with zero attached hydrogens (tertiary/aromatic N) is 3. The zero-order valence-corrected chi connectivity index (χ0v) is 17.3. The second kappa shape index (κ2) is 9.55. The van der Waals surface area contributed by atoms with Gasteiger partial charge in [0.1, 0.15) is 5.83 Å². The predicted molar refractivity (Wildman–Crippen MR) is 108 cm³/mol. The van der Waals surface area contributed by atoms with Crippen molar-refractivity contribution in [2.45, 2.75) is 38.1 Å². The van der Waals surface area contributed by atoms with E-state index in [1.54, 1.807) is 16.6 Å². The topological polar surface area (TPSA) is 47.1 Å². The van der Waals surface area contributed by atoms with Crippen LogP contribution in [0, 0.1) is 6.92 Å². The van der Waals surface area contributed by atoms with E-state index in [9.17, 15) is 4.39 Å². The molecule has 0 aliphatic rings. The van der Waals surface area contributed by atoms with Gasteiger partial charge in [-0.05, 0) is 63.2 Å². The molecule has 0 radical (unpaired) electrons. The van der Waals surface area contributed by atoms with Gasteiger partial charge < -0.3 is 5.73 Å². The summed E-state index contributed by atoms with van der Waals surface area (Å²) in [7, 11) is 3.97. The highest BCUT2D eigenvalue weighted by molar-refractivity contribution is 7.97. The van der Waals surface area contributed by atoms with E-state index in [4.69, 9.17) is 17.3 Å². The van der Waals surface area contributed by atoms with Crippen molar-refractivity contribution in [3.8, 4) is 0 Å². The Morgan fingerprint density at radius 1 is 1.42 bits per heavy atom. The Bertz CT molecular complexity index is 786. The van der Waals surface area contributed by atoms with Crippen LogP contribution in [0.1, 0.15) is 29.4 Å². The van der Waals surface area contributed by atoms with Crippen LogP contribution < -0.4 is 5.73 Å². The van der Waals surface area contributed by atoms with Crippen LogP contribution in [0.3, 0.4) is 0 Å². The number of rotatable bonds is 8. The maximum atomic E-state index is 13.9. The van der Waals surface area contributed by atoms with Gasteiger partial charge in [-0.15, -0.1) is 0 Å². The fourth-order valence-electron chi connectivity index (χ4n) is 2.89. The number of benzene rings is 1. The van der Waals surface area contributed by atoms with E-state index in [-0.39, 0.29) is 18.9 Å². The van der Waals surface area contributed by atoms with E-state index in [0.29, 0.717) is 0 Å². The van der Waals surface area contributed by atoms with Gasteiger partial charge in [-0.25, -0.2) is 4.39 Å². The van der Waals surface area contributed by atoms with Crippen molar-refractivity contribution in [2.24, 2.45) is 5.73 Å². The van der Waals surface area contributed by atoms with Crippen LogP contribution in [0.15, 0.2) is 35.0 Å². The first kappa shape index (κ1) is 21.0. The van der Waals surface area contributed by atoms with E-state index in [2.05, 4.69) is 18.1 Å². The molecule has 2 N–H and O–H groups in total. The van der Waals surface area contributed by atoms with Crippen LogP contribution in [0.5, 0.6) is 0 Å². The lowest BCUT2D eigenvalue weighted by Crippen LogP contribution is -2.07. The Morgan fingerprint density at radius 3 is 2.73 bits per heavy atom. The standard InChI is InChI=1S/C19H26ClFN4S/c1-5-18-16(13(2)23-25(18)12-15(21)8-9-22)10-14-6-7-19(17(20)11-14)26-24(3)4/h6-8,11H,5,9-10,12,22H2,1-4H3/b15-8-. The van der Waals surface area contributed by atoms with Crippen molar-refractivity contribution in [1.82, 2.24) is 14.1 Å². The summed E-state index contributed by atoms with van der Waals surface area (Å²) in [6.45, 7) is 4.34. The van der Waals surface area contributed by atoms with E-state index in [0.717, 1.165) is 45.3 Å². The SMILES string of the molecule is CCc1c(Cc2ccc(SN(C)C)c(Cl)c2)c(C)nn1C/C(F)=C/CN. The third kappa shape index (κ3) is 5.33. The van der Waals surface area contributed by atoms with Crippen molar-refractivity contribution >= 4 is 23.5 Å². The van der Waals surface area contributed by atoms with Crippen molar-refractivity contribution < 1.29 is 4.39 Å². The number of allylic oxidation sites excluding steroid dienone is 1. The molecule has 1 heterocycles. The molecule has 0 saturated heterocycles. The molecule has 2 rings (SSSR count). The Balaban J connectivity index is 2.28. The number of hydrogen-bond acceptors (Lipinski definition) is 4. The lowest BCUT2D eigenvalue weighted by molar-refractivity contribution is 0.512. The highest BCUT2D eigenvalue weighted by Gasteiger charge is 2.16. The predicted octanol–water partition coefficient (Wildman–Crippen LogP) is 4.38. The molecule has 0 fully saturated rings. The highest BCUT2D eigenvalue weighted by atomic mass is 35.5. The monoisotopic (exact) mass is 396 g/mol. The average Bonchev–Trinajstić information content (AvgIpc) is 2.84. The van der Waals surface area contributed by atoms with Gasteiger partial charge in [0, 0.05) is 29.1 Å². The molecule has 0 bridgehead atoms. The summed E-state index contributed by atoms with van der Waals surface area (Å²) in [5.74, 6) is -0.260. The minimum Gasteiger partial charge on any atom is -0.327 e. The average molecular weight is 397 g/mol. The van der Waals surface area contributed by atoms with Crippen LogP contribution in [0.2, 0.25) is 5.02 Å². The molecule has 0 aliphatic carbocycles. The van der Waals surface area contributed by atoms with E-state index >= 15 is 0 Å². The number of nitrogens with two attached hydrogens (primary N) is 1. The molecule has 4 nitrogen and oxygen atoms in total. The first-order valence-electron chi connectivity index (χ1n) is 8.59. The summed E-state index contributed by atoms with van der Waals surface area (Å²) in [6, 6.07) is 6.12. The molecule has 0 amide bonds. The van der Waals surface area contributed by atoms with Crippen LogP contribution in [-0.2, 0) is 19.4 Å². The smallest absolute Gasteiger partial charge is 0.119 e. The zero-order valence-electron chi connectivity index (χ0n) is 15.7. The fraction of sp³-hybridized carbons (Fsp3) is 0.421. The molecule has 0 aliphatic heterocycles. The van der Waals surface area contributed by atoms with Gasteiger partial charge in [0.2, 0.25) is 0 Å². The van der Waals surface area contributed by atoms with Gasteiger partial charge in [-0.2, -0.15) is 5.10 Å². The molecule has 0 atom stereocenters. The Hall–Kier alpha value is -1.34. The van der Waals surface area contributed by atoms with Crippen molar-refractivity contribution in [3.05, 3.63) is 57.6 Å². The molecular formula is C19H26ClFN4S. The molecule has 7 heteroatoms. The summed E-state index contributed by atoms with van der Waals surface area (Å²) in [4.78, 5) is 1.03. The van der Waals surface area contributed by atoms with Crippen molar-refractivity contribution in [2.75, 3.05) is 20.6 Å². The minimum atomic E-state index is -0.260. The molecule has 26 heavy (non-hydrogen) atoms. The lowest BCUT2D eigenvalue weighted by atomic mass is 10.0. The molecular weight excluding hydrogens is 371 g/mol.